The number of hydrogen-bond acceptors (Lipinski definition) is 6. The minimum Gasteiger partial charge on any atom is -0.388 e. The standard InChI is InChI=1S/C7H15NO5/c1-12-6-5(10)4(9)3(2-8)13-7(6)11/h3-7,9-11H,2,8H2,1H3/t3-,4-,5+,6-,7+/m1/s1. The summed E-state index contributed by atoms with van der Waals surface area (Å²) in [5.41, 5.74) is 5.26. The van der Waals surface area contributed by atoms with Crippen LogP contribution >= 0.6 is 0 Å². The van der Waals surface area contributed by atoms with Gasteiger partial charge in [-0.05, 0) is 0 Å². The van der Waals surface area contributed by atoms with Crippen LogP contribution in [0.15, 0.2) is 0 Å². The zero-order chi connectivity index (χ0) is 10.0. The van der Waals surface area contributed by atoms with Crippen LogP contribution in [0.1, 0.15) is 0 Å². The summed E-state index contributed by atoms with van der Waals surface area (Å²) in [7, 11) is 1.32. The van der Waals surface area contributed by atoms with Gasteiger partial charge in [-0.15, -0.1) is 0 Å². The summed E-state index contributed by atoms with van der Waals surface area (Å²) in [6, 6.07) is 0. The molecule has 6 heteroatoms. The minimum absolute atomic E-state index is 0.0335. The molecule has 0 unspecified atom stereocenters. The van der Waals surface area contributed by atoms with Crippen molar-refractivity contribution < 1.29 is 24.8 Å². The SMILES string of the molecule is CO[C@@H]1[C@@H](O)[C@H](O)[C@@H](CN)O[C@@H]1O. The second-order valence-corrected chi connectivity index (χ2v) is 2.98. The third-order valence-corrected chi connectivity index (χ3v) is 2.17. The molecular weight excluding hydrogens is 178 g/mol. The molecule has 1 aliphatic rings. The molecule has 0 aromatic carbocycles. The predicted molar refractivity (Wildman–Crippen MR) is 42.7 cm³/mol. The molecule has 6 nitrogen and oxygen atoms in total. The Labute approximate surface area is 75.9 Å². The van der Waals surface area contributed by atoms with Gasteiger partial charge >= 0.3 is 0 Å². The molecule has 78 valence electrons. The van der Waals surface area contributed by atoms with Crippen LogP contribution in [-0.2, 0) is 9.47 Å². The van der Waals surface area contributed by atoms with Gasteiger partial charge in [0.05, 0.1) is 0 Å². The van der Waals surface area contributed by atoms with Crippen molar-refractivity contribution in [1.29, 1.82) is 0 Å². The molecular formula is C7H15NO5. The minimum atomic E-state index is -1.25. The maximum atomic E-state index is 9.44. The summed E-state index contributed by atoms with van der Waals surface area (Å²) < 4.78 is 9.67. The van der Waals surface area contributed by atoms with Crippen LogP contribution in [0.25, 0.3) is 0 Å². The topological polar surface area (TPSA) is 105 Å². The van der Waals surface area contributed by atoms with E-state index in [-0.39, 0.29) is 6.54 Å². The number of methoxy groups -OCH3 is 1. The van der Waals surface area contributed by atoms with Gasteiger partial charge in [-0.1, -0.05) is 0 Å². The molecule has 0 aliphatic carbocycles. The lowest BCUT2D eigenvalue weighted by Crippen LogP contribution is -2.59. The molecule has 1 saturated heterocycles. The van der Waals surface area contributed by atoms with Gasteiger partial charge in [0.25, 0.3) is 0 Å². The highest BCUT2D eigenvalue weighted by Gasteiger charge is 2.43. The molecule has 0 spiro atoms. The van der Waals surface area contributed by atoms with Crippen LogP contribution in [0.4, 0.5) is 0 Å². The molecule has 1 fully saturated rings. The van der Waals surface area contributed by atoms with Crippen LogP contribution in [0.2, 0.25) is 0 Å². The molecule has 0 aromatic rings. The van der Waals surface area contributed by atoms with E-state index in [0.717, 1.165) is 0 Å². The van der Waals surface area contributed by atoms with Gasteiger partial charge in [0.1, 0.15) is 24.4 Å². The number of hydrogen-bond donors (Lipinski definition) is 4. The smallest absolute Gasteiger partial charge is 0.184 e. The monoisotopic (exact) mass is 193 g/mol. The number of nitrogens with two attached hydrogens (primary N) is 1. The molecule has 1 rings (SSSR count). The fraction of sp³-hybridized carbons (Fsp3) is 1.00. The molecule has 0 saturated carbocycles. The lowest BCUT2D eigenvalue weighted by Gasteiger charge is -2.39. The first-order valence-electron chi connectivity index (χ1n) is 4.04. The maximum absolute atomic E-state index is 9.44. The Balaban J connectivity index is 2.66. The van der Waals surface area contributed by atoms with Crippen molar-refractivity contribution in [3.8, 4) is 0 Å². The van der Waals surface area contributed by atoms with Crippen molar-refractivity contribution >= 4 is 0 Å². The highest BCUT2D eigenvalue weighted by atomic mass is 16.7. The highest BCUT2D eigenvalue weighted by molar-refractivity contribution is 4.89. The van der Waals surface area contributed by atoms with Crippen molar-refractivity contribution in [3.05, 3.63) is 0 Å². The van der Waals surface area contributed by atoms with Crippen LogP contribution in [0, 0.1) is 0 Å². The van der Waals surface area contributed by atoms with Crippen LogP contribution in [0.5, 0.6) is 0 Å². The van der Waals surface area contributed by atoms with Gasteiger partial charge in [-0.25, -0.2) is 0 Å². The van der Waals surface area contributed by atoms with Crippen LogP contribution in [0.3, 0.4) is 0 Å². The molecule has 0 radical (unpaired) electrons. The summed E-state index contributed by atoms with van der Waals surface area (Å²) in [5.74, 6) is 0. The Morgan fingerprint density at radius 1 is 1.31 bits per heavy atom. The number of ether oxygens (including phenoxy) is 2. The van der Waals surface area contributed by atoms with E-state index < -0.39 is 30.7 Å². The molecule has 5 N–H and O–H groups in total. The Kier molecular flexibility index (Phi) is 3.60. The van der Waals surface area contributed by atoms with E-state index in [9.17, 15) is 15.3 Å². The largest absolute Gasteiger partial charge is 0.388 e. The zero-order valence-corrected chi connectivity index (χ0v) is 7.33. The summed E-state index contributed by atoms with van der Waals surface area (Å²) in [6.45, 7) is 0.0335. The van der Waals surface area contributed by atoms with Crippen LogP contribution < -0.4 is 5.73 Å². The van der Waals surface area contributed by atoms with Crippen molar-refractivity contribution in [2.45, 2.75) is 30.7 Å². The van der Waals surface area contributed by atoms with Gasteiger partial charge in [-0.2, -0.15) is 0 Å². The fourth-order valence-electron chi connectivity index (χ4n) is 1.37. The summed E-state index contributed by atoms with van der Waals surface area (Å²) in [6.07, 6.45) is -5.24. The van der Waals surface area contributed by atoms with Crippen molar-refractivity contribution in [2.24, 2.45) is 5.73 Å². The Morgan fingerprint density at radius 3 is 2.38 bits per heavy atom. The first-order valence-corrected chi connectivity index (χ1v) is 4.04. The average molecular weight is 193 g/mol. The highest BCUT2D eigenvalue weighted by Crippen LogP contribution is 2.20. The molecule has 0 amide bonds. The van der Waals surface area contributed by atoms with Crippen molar-refractivity contribution in [2.75, 3.05) is 13.7 Å². The number of aliphatic hydroxyl groups excluding tert-OH is 3. The number of rotatable bonds is 2. The quantitative estimate of drug-likeness (QED) is 0.383. The van der Waals surface area contributed by atoms with E-state index in [1.165, 1.54) is 7.11 Å². The fourth-order valence-corrected chi connectivity index (χ4v) is 1.37. The molecule has 13 heavy (non-hydrogen) atoms. The Morgan fingerprint density at radius 2 is 1.92 bits per heavy atom. The molecule has 0 aromatic heterocycles. The first-order chi connectivity index (χ1) is 6.11. The molecule has 1 heterocycles. The number of aliphatic hydroxyl groups is 3. The summed E-state index contributed by atoms with van der Waals surface area (Å²) in [5, 5.41) is 28.1. The van der Waals surface area contributed by atoms with E-state index >= 15 is 0 Å². The predicted octanol–water partition coefficient (Wildman–Crippen LogP) is -2.60. The maximum Gasteiger partial charge on any atom is 0.184 e. The second kappa shape index (κ2) is 4.32. The third kappa shape index (κ3) is 1.98. The van der Waals surface area contributed by atoms with E-state index in [4.69, 9.17) is 15.2 Å². The lowest BCUT2D eigenvalue weighted by atomic mass is 9.99. The van der Waals surface area contributed by atoms with E-state index in [1.54, 1.807) is 0 Å². The zero-order valence-electron chi connectivity index (χ0n) is 7.33. The van der Waals surface area contributed by atoms with Crippen molar-refractivity contribution in [1.82, 2.24) is 0 Å². The molecule has 5 atom stereocenters. The summed E-state index contributed by atoms with van der Waals surface area (Å²) >= 11 is 0. The van der Waals surface area contributed by atoms with Crippen LogP contribution in [-0.4, -0.2) is 59.7 Å². The Hall–Kier alpha value is -0.240. The van der Waals surface area contributed by atoms with E-state index in [2.05, 4.69) is 0 Å². The van der Waals surface area contributed by atoms with Crippen molar-refractivity contribution in [3.63, 3.8) is 0 Å². The van der Waals surface area contributed by atoms with Gasteiger partial charge in [-0.3, -0.25) is 0 Å². The average Bonchev–Trinajstić information content (AvgIpc) is 2.12. The summed E-state index contributed by atoms with van der Waals surface area (Å²) in [4.78, 5) is 0. The van der Waals surface area contributed by atoms with Gasteiger partial charge in [0, 0.05) is 13.7 Å². The lowest BCUT2D eigenvalue weighted by molar-refractivity contribution is -0.284. The normalized spacial score (nSPS) is 46.4. The molecule has 0 bridgehead atoms. The van der Waals surface area contributed by atoms with Gasteiger partial charge in [0.15, 0.2) is 6.29 Å². The first kappa shape index (κ1) is 10.8. The van der Waals surface area contributed by atoms with Gasteiger partial charge in [0.2, 0.25) is 0 Å². The second-order valence-electron chi connectivity index (χ2n) is 2.98. The van der Waals surface area contributed by atoms with E-state index in [0.29, 0.717) is 0 Å². The van der Waals surface area contributed by atoms with E-state index in [1.807, 2.05) is 0 Å². The Bertz CT molecular complexity index is 167. The van der Waals surface area contributed by atoms with Gasteiger partial charge < -0.3 is 30.5 Å². The third-order valence-electron chi connectivity index (χ3n) is 2.17. The molecule has 1 aliphatic heterocycles.